The first kappa shape index (κ1) is 87.1. The van der Waals surface area contributed by atoms with E-state index in [0.717, 1.165) is 96.3 Å². The standard InChI is InChI=1S/C70H136O17P2/c1-5-9-13-17-20-23-26-28-29-30-31-32-33-34-36-39-42-45-49-53-57-70(75)87-66(61-81-68(73)55-51-47-43-40-38-35-27-24-21-18-14-10-6-2)63-85-89(78,79)83-59-64(71)58-82-88(76,77)84-62-65(60-80-67(72)54-50-46-16-12-8-4)86-69(74)56-52-48-44-41-37-25-22-19-15-11-7-3/h64-66,71H,5-63H2,1-4H3,(H,76,77)(H,78,79)/t64-,65+,66+/m0/s1. The quantitative estimate of drug-likeness (QED) is 0.0222. The second-order valence-electron chi connectivity index (χ2n) is 25.3. The molecule has 0 spiro atoms. The van der Waals surface area contributed by atoms with E-state index in [9.17, 15) is 43.2 Å². The van der Waals surface area contributed by atoms with Crippen LogP contribution in [0.15, 0.2) is 0 Å². The molecule has 0 rings (SSSR count). The van der Waals surface area contributed by atoms with Crippen LogP contribution >= 0.6 is 15.6 Å². The van der Waals surface area contributed by atoms with Crippen LogP contribution in [0.2, 0.25) is 0 Å². The number of hydrogen-bond acceptors (Lipinski definition) is 15. The Morgan fingerprint density at radius 2 is 0.449 bits per heavy atom. The van der Waals surface area contributed by atoms with Crippen molar-refractivity contribution in [3.8, 4) is 0 Å². The van der Waals surface area contributed by atoms with Crippen LogP contribution in [0.3, 0.4) is 0 Å². The molecule has 17 nitrogen and oxygen atoms in total. The van der Waals surface area contributed by atoms with Gasteiger partial charge < -0.3 is 33.8 Å². The lowest BCUT2D eigenvalue weighted by molar-refractivity contribution is -0.161. The van der Waals surface area contributed by atoms with E-state index in [-0.39, 0.29) is 25.7 Å². The smallest absolute Gasteiger partial charge is 0.462 e. The third-order valence-electron chi connectivity index (χ3n) is 16.4. The highest BCUT2D eigenvalue weighted by atomic mass is 31.2. The topological polar surface area (TPSA) is 237 Å². The van der Waals surface area contributed by atoms with Gasteiger partial charge in [-0.1, -0.05) is 317 Å². The van der Waals surface area contributed by atoms with Gasteiger partial charge in [0.05, 0.1) is 26.4 Å². The van der Waals surface area contributed by atoms with Crippen LogP contribution in [-0.2, 0) is 65.4 Å². The van der Waals surface area contributed by atoms with Gasteiger partial charge in [0.1, 0.15) is 19.3 Å². The number of ether oxygens (including phenoxy) is 4. The molecule has 0 radical (unpaired) electrons. The van der Waals surface area contributed by atoms with E-state index < -0.39 is 97.5 Å². The summed E-state index contributed by atoms with van der Waals surface area (Å²) in [5, 5.41) is 10.6. The number of unbranched alkanes of at least 4 members (excludes halogenated alkanes) is 45. The van der Waals surface area contributed by atoms with Crippen LogP contribution in [0.25, 0.3) is 0 Å². The predicted octanol–water partition coefficient (Wildman–Crippen LogP) is 20.3. The van der Waals surface area contributed by atoms with Gasteiger partial charge in [-0.25, -0.2) is 9.13 Å². The molecular weight excluding hydrogens is 1170 g/mol. The number of esters is 4. The number of phosphoric ester groups is 2. The van der Waals surface area contributed by atoms with E-state index in [4.69, 9.17) is 37.0 Å². The van der Waals surface area contributed by atoms with E-state index in [1.54, 1.807) is 0 Å². The van der Waals surface area contributed by atoms with Crippen molar-refractivity contribution in [2.45, 2.75) is 386 Å². The van der Waals surface area contributed by atoms with E-state index in [2.05, 4.69) is 27.7 Å². The van der Waals surface area contributed by atoms with Gasteiger partial charge in [0.2, 0.25) is 0 Å². The molecule has 0 saturated carbocycles. The predicted molar refractivity (Wildman–Crippen MR) is 359 cm³/mol. The zero-order valence-corrected chi connectivity index (χ0v) is 59.2. The molecular formula is C70H136O17P2. The summed E-state index contributed by atoms with van der Waals surface area (Å²) in [5.74, 6) is -2.13. The fourth-order valence-electron chi connectivity index (χ4n) is 10.7. The lowest BCUT2D eigenvalue weighted by Gasteiger charge is -2.21. The number of rotatable bonds is 71. The van der Waals surface area contributed by atoms with E-state index in [0.29, 0.717) is 25.7 Å². The third-order valence-corrected chi connectivity index (χ3v) is 18.3. The van der Waals surface area contributed by atoms with Crippen molar-refractivity contribution < 1.29 is 80.2 Å². The average Bonchev–Trinajstić information content (AvgIpc) is 3.72. The zero-order valence-electron chi connectivity index (χ0n) is 57.4. The van der Waals surface area contributed by atoms with Gasteiger partial charge in [-0.15, -0.1) is 0 Å². The summed E-state index contributed by atoms with van der Waals surface area (Å²) >= 11 is 0. The number of phosphoric acid groups is 2. The minimum atomic E-state index is -4.95. The largest absolute Gasteiger partial charge is 0.472 e. The highest BCUT2D eigenvalue weighted by molar-refractivity contribution is 7.47. The number of carbonyl (C=O) groups excluding carboxylic acids is 4. The third kappa shape index (κ3) is 64.6. The molecule has 528 valence electrons. The average molecular weight is 1310 g/mol. The highest BCUT2D eigenvalue weighted by Crippen LogP contribution is 2.45. The molecule has 2 unspecified atom stereocenters. The molecule has 0 heterocycles. The molecule has 0 amide bonds. The van der Waals surface area contributed by atoms with Crippen LogP contribution in [-0.4, -0.2) is 96.7 Å². The minimum absolute atomic E-state index is 0.106. The monoisotopic (exact) mass is 1310 g/mol. The summed E-state index contributed by atoms with van der Waals surface area (Å²) < 4.78 is 68.0. The summed E-state index contributed by atoms with van der Waals surface area (Å²) in [6, 6.07) is 0. The summed E-state index contributed by atoms with van der Waals surface area (Å²) in [6.45, 7) is 4.85. The molecule has 0 fully saturated rings. The van der Waals surface area contributed by atoms with Gasteiger partial charge in [0.15, 0.2) is 12.2 Å². The van der Waals surface area contributed by atoms with Crippen molar-refractivity contribution in [3.63, 3.8) is 0 Å². The summed E-state index contributed by atoms with van der Waals surface area (Å²) in [4.78, 5) is 72.2. The molecule has 0 aromatic carbocycles. The maximum Gasteiger partial charge on any atom is 0.472 e. The van der Waals surface area contributed by atoms with Crippen molar-refractivity contribution in [1.82, 2.24) is 0 Å². The fourth-order valence-corrected chi connectivity index (χ4v) is 12.3. The van der Waals surface area contributed by atoms with Crippen LogP contribution < -0.4 is 0 Å². The Hall–Kier alpha value is -1.94. The molecule has 19 heteroatoms. The van der Waals surface area contributed by atoms with Gasteiger partial charge in [-0.05, 0) is 25.7 Å². The molecule has 0 bridgehead atoms. The summed E-state index contributed by atoms with van der Waals surface area (Å²) in [7, 11) is -9.89. The highest BCUT2D eigenvalue weighted by Gasteiger charge is 2.30. The van der Waals surface area contributed by atoms with Crippen molar-refractivity contribution in [2.24, 2.45) is 0 Å². The SMILES string of the molecule is CCCCCCCCCCCCCCCCCCCCCCC(=O)O[C@H](COC(=O)CCCCCCCCCCCCCCC)COP(=O)(O)OC[C@@H](O)COP(=O)(O)OC[C@@H](COC(=O)CCCCCCC)OC(=O)CCCCCCCCCCCCC. The normalized spacial score (nSPS) is 14.0. The van der Waals surface area contributed by atoms with Crippen molar-refractivity contribution >= 4 is 39.5 Å². The van der Waals surface area contributed by atoms with Gasteiger partial charge in [0.25, 0.3) is 0 Å². The number of aliphatic hydroxyl groups is 1. The number of aliphatic hydroxyl groups excluding tert-OH is 1. The summed E-state index contributed by atoms with van der Waals surface area (Å²) in [5.41, 5.74) is 0. The Morgan fingerprint density at radius 1 is 0.270 bits per heavy atom. The molecule has 0 aliphatic rings. The maximum absolute atomic E-state index is 13.0. The fraction of sp³-hybridized carbons (Fsp3) is 0.943. The Morgan fingerprint density at radius 3 is 0.663 bits per heavy atom. The molecule has 0 aromatic heterocycles. The Kier molecular flexibility index (Phi) is 63.3. The van der Waals surface area contributed by atoms with E-state index >= 15 is 0 Å². The second-order valence-corrected chi connectivity index (χ2v) is 28.2. The molecule has 0 aromatic rings. The minimum Gasteiger partial charge on any atom is -0.462 e. The zero-order chi connectivity index (χ0) is 65.4. The van der Waals surface area contributed by atoms with Gasteiger partial charge >= 0.3 is 39.5 Å². The first-order valence-corrected chi connectivity index (χ1v) is 39.8. The first-order chi connectivity index (χ1) is 43.2. The van der Waals surface area contributed by atoms with E-state index in [1.807, 2.05) is 0 Å². The molecule has 0 saturated heterocycles. The van der Waals surface area contributed by atoms with E-state index in [1.165, 1.54) is 193 Å². The Bertz CT molecular complexity index is 1710. The molecule has 3 N–H and O–H groups in total. The van der Waals surface area contributed by atoms with Crippen molar-refractivity contribution in [2.75, 3.05) is 39.6 Å². The van der Waals surface area contributed by atoms with Gasteiger partial charge in [-0.2, -0.15) is 0 Å². The lowest BCUT2D eigenvalue weighted by atomic mass is 10.0. The second kappa shape index (κ2) is 64.8. The molecule has 0 aliphatic carbocycles. The summed E-state index contributed by atoms with van der Waals surface area (Å²) in [6.07, 6.45) is 53.1. The maximum atomic E-state index is 13.0. The number of carbonyl (C=O) groups is 4. The molecule has 5 atom stereocenters. The van der Waals surface area contributed by atoms with Gasteiger partial charge in [-0.3, -0.25) is 37.3 Å². The van der Waals surface area contributed by atoms with Gasteiger partial charge in [0, 0.05) is 25.7 Å². The van der Waals surface area contributed by atoms with Crippen LogP contribution in [0.4, 0.5) is 0 Å². The van der Waals surface area contributed by atoms with Crippen molar-refractivity contribution in [1.29, 1.82) is 0 Å². The van der Waals surface area contributed by atoms with Crippen LogP contribution in [0, 0.1) is 0 Å². The Balaban J connectivity index is 5.12. The molecule has 89 heavy (non-hydrogen) atoms. The van der Waals surface area contributed by atoms with Crippen LogP contribution in [0.1, 0.15) is 368 Å². The first-order valence-electron chi connectivity index (χ1n) is 36.8. The number of hydrogen-bond donors (Lipinski definition) is 3. The Labute approximate surface area is 543 Å². The molecule has 0 aliphatic heterocycles. The lowest BCUT2D eigenvalue weighted by Crippen LogP contribution is -2.30. The van der Waals surface area contributed by atoms with Crippen molar-refractivity contribution in [3.05, 3.63) is 0 Å². The van der Waals surface area contributed by atoms with Crippen LogP contribution in [0.5, 0.6) is 0 Å².